The highest BCUT2D eigenvalue weighted by molar-refractivity contribution is 5.76. The molecule has 17 heavy (non-hydrogen) atoms. The van der Waals surface area contributed by atoms with Crippen LogP contribution in [0.5, 0.6) is 0 Å². The van der Waals surface area contributed by atoms with Crippen LogP contribution in [0.1, 0.15) is 53.9 Å². The standard InChI is InChI=1S/C14H29NO2/c1-6-7-15(8-9-16)13(17)10-12(2)11-14(3,4)5/h12,16H,6-11H2,1-5H3. The van der Waals surface area contributed by atoms with Gasteiger partial charge >= 0.3 is 0 Å². The molecular weight excluding hydrogens is 214 g/mol. The molecule has 1 atom stereocenters. The van der Waals surface area contributed by atoms with Crippen LogP contribution in [0.25, 0.3) is 0 Å². The number of hydrogen-bond acceptors (Lipinski definition) is 2. The van der Waals surface area contributed by atoms with Gasteiger partial charge in [-0.15, -0.1) is 0 Å². The largest absolute Gasteiger partial charge is 0.395 e. The van der Waals surface area contributed by atoms with Crippen molar-refractivity contribution in [2.45, 2.75) is 53.9 Å². The smallest absolute Gasteiger partial charge is 0.222 e. The number of nitrogens with zero attached hydrogens (tertiary/aromatic N) is 1. The van der Waals surface area contributed by atoms with Gasteiger partial charge in [-0.2, -0.15) is 0 Å². The quantitative estimate of drug-likeness (QED) is 0.747. The van der Waals surface area contributed by atoms with Gasteiger partial charge in [0.15, 0.2) is 0 Å². The Morgan fingerprint density at radius 1 is 1.29 bits per heavy atom. The topological polar surface area (TPSA) is 40.5 Å². The van der Waals surface area contributed by atoms with Gasteiger partial charge in [-0.25, -0.2) is 0 Å². The van der Waals surface area contributed by atoms with Gasteiger partial charge in [0.05, 0.1) is 6.61 Å². The number of rotatable bonds is 7. The third-order valence-electron chi connectivity index (χ3n) is 2.70. The molecule has 0 aromatic rings. The lowest BCUT2D eigenvalue weighted by atomic mass is 9.84. The van der Waals surface area contributed by atoms with Gasteiger partial charge in [-0.05, 0) is 24.2 Å². The van der Waals surface area contributed by atoms with Crippen LogP contribution >= 0.6 is 0 Å². The molecule has 102 valence electrons. The highest BCUT2D eigenvalue weighted by Crippen LogP contribution is 2.26. The number of aliphatic hydroxyl groups is 1. The van der Waals surface area contributed by atoms with Crippen LogP contribution in [0.15, 0.2) is 0 Å². The monoisotopic (exact) mass is 243 g/mol. The first kappa shape index (κ1) is 16.4. The fourth-order valence-corrected chi connectivity index (χ4v) is 2.30. The zero-order valence-electron chi connectivity index (χ0n) is 12.1. The van der Waals surface area contributed by atoms with Gasteiger partial charge in [0, 0.05) is 19.5 Å². The van der Waals surface area contributed by atoms with Crippen molar-refractivity contribution in [3.63, 3.8) is 0 Å². The molecule has 0 aromatic carbocycles. The van der Waals surface area contributed by atoms with Crippen molar-refractivity contribution in [1.29, 1.82) is 0 Å². The van der Waals surface area contributed by atoms with Crippen molar-refractivity contribution in [2.24, 2.45) is 11.3 Å². The van der Waals surface area contributed by atoms with Crippen LogP contribution in [0.4, 0.5) is 0 Å². The van der Waals surface area contributed by atoms with E-state index in [1.165, 1.54) is 0 Å². The molecule has 3 nitrogen and oxygen atoms in total. The van der Waals surface area contributed by atoms with Crippen molar-refractivity contribution in [3.05, 3.63) is 0 Å². The van der Waals surface area contributed by atoms with Crippen LogP contribution in [-0.2, 0) is 4.79 Å². The summed E-state index contributed by atoms with van der Waals surface area (Å²) in [6.07, 6.45) is 2.59. The summed E-state index contributed by atoms with van der Waals surface area (Å²) in [4.78, 5) is 13.8. The number of carbonyl (C=O) groups is 1. The Hall–Kier alpha value is -0.570. The average molecular weight is 243 g/mol. The first-order chi connectivity index (χ1) is 7.80. The van der Waals surface area contributed by atoms with Gasteiger partial charge in [0.1, 0.15) is 0 Å². The van der Waals surface area contributed by atoms with Crippen molar-refractivity contribution >= 4 is 5.91 Å². The van der Waals surface area contributed by atoms with Crippen LogP contribution in [0, 0.1) is 11.3 Å². The fourth-order valence-electron chi connectivity index (χ4n) is 2.30. The lowest BCUT2D eigenvalue weighted by molar-refractivity contribution is -0.132. The summed E-state index contributed by atoms with van der Waals surface area (Å²) >= 11 is 0. The maximum atomic E-state index is 12.0. The maximum Gasteiger partial charge on any atom is 0.222 e. The summed E-state index contributed by atoms with van der Waals surface area (Å²) in [6, 6.07) is 0. The summed E-state index contributed by atoms with van der Waals surface area (Å²) in [5, 5.41) is 8.94. The van der Waals surface area contributed by atoms with Crippen molar-refractivity contribution in [1.82, 2.24) is 4.90 Å². The normalized spacial score (nSPS) is 13.5. The number of carbonyl (C=O) groups excluding carboxylic acids is 1. The minimum atomic E-state index is 0.0550. The Bertz CT molecular complexity index is 215. The molecule has 0 radical (unpaired) electrons. The Morgan fingerprint density at radius 2 is 1.88 bits per heavy atom. The highest BCUT2D eigenvalue weighted by atomic mass is 16.3. The van der Waals surface area contributed by atoms with E-state index in [0.717, 1.165) is 19.4 Å². The Morgan fingerprint density at radius 3 is 2.29 bits per heavy atom. The summed E-state index contributed by atoms with van der Waals surface area (Å²) in [5.74, 6) is 0.582. The van der Waals surface area contributed by atoms with E-state index in [4.69, 9.17) is 5.11 Å². The van der Waals surface area contributed by atoms with Crippen LogP contribution in [0.2, 0.25) is 0 Å². The molecule has 1 amide bonds. The summed E-state index contributed by atoms with van der Waals surface area (Å²) in [7, 11) is 0. The van der Waals surface area contributed by atoms with E-state index >= 15 is 0 Å². The zero-order chi connectivity index (χ0) is 13.5. The minimum Gasteiger partial charge on any atom is -0.395 e. The summed E-state index contributed by atoms with van der Waals surface area (Å²) < 4.78 is 0. The van der Waals surface area contributed by atoms with Gasteiger partial charge in [-0.1, -0.05) is 34.6 Å². The number of aliphatic hydroxyl groups excluding tert-OH is 1. The van der Waals surface area contributed by atoms with E-state index in [1.807, 2.05) is 0 Å². The maximum absolute atomic E-state index is 12.0. The first-order valence-corrected chi connectivity index (χ1v) is 6.68. The lowest BCUT2D eigenvalue weighted by Crippen LogP contribution is -2.35. The molecule has 0 fully saturated rings. The third kappa shape index (κ3) is 8.19. The molecule has 0 aliphatic rings. The molecule has 0 aromatic heterocycles. The summed E-state index contributed by atoms with van der Waals surface area (Å²) in [5.41, 5.74) is 0.270. The molecule has 3 heteroatoms. The molecule has 0 aliphatic carbocycles. The average Bonchev–Trinajstić information content (AvgIpc) is 2.14. The number of amides is 1. The third-order valence-corrected chi connectivity index (χ3v) is 2.70. The fraction of sp³-hybridized carbons (Fsp3) is 0.929. The predicted octanol–water partition coefficient (Wildman–Crippen LogP) is 2.68. The van der Waals surface area contributed by atoms with Crippen LogP contribution in [0.3, 0.4) is 0 Å². The van der Waals surface area contributed by atoms with Crippen molar-refractivity contribution in [2.75, 3.05) is 19.7 Å². The Balaban J connectivity index is 4.19. The molecule has 0 heterocycles. The number of hydrogen-bond donors (Lipinski definition) is 1. The van der Waals surface area contributed by atoms with Crippen LogP contribution in [-0.4, -0.2) is 35.6 Å². The van der Waals surface area contributed by atoms with E-state index in [2.05, 4.69) is 34.6 Å². The molecule has 0 saturated carbocycles. The summed E-state index contributed by atoms with van der Waals surface area (Å²) in [6.45, 7) is 12.1. The molecule has 1 N–H and O–H groups in total. The molecule has 0 aliphatic heterocycles. The second kappa shape index (κ2) is 7.70. The zero-order valence-corrected chi connectivity index (χ0v) is 12.1. The second-order valence-electron chi connectivity index (χ2n) is 6.18. The van der Waals surface area contributed by atoms with Gasteiger partial charge < -0.3 is 10.0 Å². The van der Waals surface area contributed by atoms with Crippen LogP contribution < -0.4 is 0 Å². The SMILES string of the molecule is CCCN(CCO)C(=O)CC(C)CC(C)(C)C. The first-order valence-electron chi connectivity index (χ1n) is 6.68. The van der Waals surface area contributed by atoms with Gasteiger partial charge in [0.2, 0.25) is 5.91 Å². The van der Waals surface area contributed by atoms with E-state index in [9.17, 15) is 4.79 Å². The van der Waals surface area contributed by atoms with Gasteiger partial charge in [0.25, 0.3) is 0 Å². The minimum absolute atomic E-state index is 0.0550. The molecule has 0 spiro atoms. The van der Waals surface area contributed by atoms with Crippen molar-refractivity contribution in [3.8, 4) is 0 Å². The van der Waals surface area contributed by atoms with Gasteiger partial charge in [-0.3, -0.25) is 4.79 Å². The van der Waals surface area contributed by atoms with E-state index in [1.54, 1.807) is 4.90 Å². The van der Waals surface area contributed by atoms with E-state index in [0.29, 0.717) is 18.9 Å². The molecule has 0 rings (SSSR count). The Kier molecular flexibility index (Phi) is 7.44. The lowest BCUT2D eigenvalue weighted by Gasteiger charge is -2.26. The van der Waals surface area contributed by atoms with E-state index < -0.39 is 0 Å². The highest BCUT2D eigenvalue weighted by Gasteiger charge is 2.20. The molecular formula is C14H29NO2. The van der Waals surface area contributed by atoms with Crippen molar-refractivity contribution < 1.29 is 9.90 Å². The Labute approximate surface area is 106 Å². The van der Waals surface area contributed by atoms with E-state index in [-0.39, 0.29) is 17.9 Å². The molecule has 0 bridgehead atoms. The predicted molar refractivity (Wildman–Crippen MR) is 71.8 cm³/mol. The second-order valence-corrected chi connectivity index (χ2v) is 6.18. The molecule has 1 unspecified atom stereocenters. The molecule has 0 saturated heterocycles.